The molecule has 0 atom stereocenters. The number of aromatic amines is 1. The zero-order valence-corrected chi connectivity index (χ0v) is 30.6. The monoisotopic (exact) mass is 674 g/mol. The van der Waals surface area contributed by atoms with Crippen LogP contribution in [-0.2, 0) is 11.0 Å². The lowest BCUT2D eigenvalue weighted by Gasteiger charge is -2.26. The minimum Gasteiger partial charge on any atom is -0.354 e. The van der Waals surface area contributed by atoms with Crippen molar-refractivity contribution in [3.63, 3.8) is 0 Å². The van der Waals surface area contributed by atoms with Gasteiger partial charge in [0.2, 0.25) is 0 Å². The van der Waals surface area contributed by atoms with Crippen molar-refractivity contribution >= 4 is 43.6 Å². The molecule has 0 unspecified atom stereocenters. The van der Waals surface area contributed by atoms with E-state index in [1.54, 1.807) is 0 Å². The summed E-state index contributed by atoms with van der Waals surface area (Å²) in [5, 5.41) is 4.83. The molecule has 0 aliphatic rings. The fourth-order valence-corrected chi connectivity index (χ4v) is 7.82. The molecular weight excluding hydrogens is 633 g/mol. The molecule has 254 valence electrons. The predicted octanol–water partition coefficient (Wildman–Crippen LogP) is 12.9. The van der Waals surface area contributed by atoms with Crippen molar-refractivity contribution in [3.8, 4) is 44.9 Å². The Morgan fingerprint density at radius 3 is 2.10 bits per heavy atom. The summed E-state index contributed by atoms with van der Waals surface area (Å²) in [5.41, 5.74) is 13.1. The molecule has 6 aromatic carbocycles. The zero-order chi connectivity index (χ0) is 35.8. The molecule has 0 spiro atoms. The number of rotatable bonds is 4. The smallest absolute Gasteiger partial charge is 0.143 e. The number of nitrogens with one attached hydrogen (secondary N) is 1. The first-order valence-corrected chi connectivity index (χ1v) is 18.2. The molecular formula is C48H42N4. The number of fused-ring (bicyclic) bond motifs is 5. The SMILES string of the molecule is CC(C)(C)c1cc(-c2nc3c(-c4cc(-c5cc(-c6ccccc6)ccn5)cc5ccccc45)cccc3n2C(C)(C)C)c2[nH]c3ccccc3c2c1. The van der Waals surface area contributed by atoms with Gasteiger partial charge in [-0.05, 0) is 108 Å². The van der Waals surface area contributed by atoms with Crippen LogP contribution in [-0.4, -0.2) is 19.5 Å². The Kier molecular flexibility index (Phi) is 7.24. The van der Waals surface area contributed by atoms with Crippen LogP contribution in [0.3, 0.4) is 0 Å². The molecule has 0 saturated carbocycles. The molecule has 4 heteroatoms. The third-order valence-corrected chi connectivity index (χ3v) is 10.4. The van der Waals surface area contributed by atoms with Gasteiger partial charge in [0.25, 0.3) is 0 Å². The van der Waals surface area contributed by atoms with Gasteiger partial charge in [-0.2, -0.15) is 0 Å². The van der Waals surface area contributed by atoms with Gasteiger partial charge in [0, 0.05) is 44.7 Å². The predicted molar refractivity (Wildman–Crippen MR) is 220 cm³/mol. The van der Waals surface area contributed by atoms with Gasteiger partial charge < -0.3 is 9.55 Å². The van der Waals surface area contributed by atoms with Crippen LogP contribution in [0.5, 0.6) is 0 Å². The lowest BCUT2D eigenvalue weighted by atomic mass is 9.85. The standard InChI is InChI=1S/C48H42N4/c1-47(2,3)34-28-39-36-19-12-13-21-41(36)50-44(39)40(29-34)46-51-45-37(20-14-22-43(45)52(46)48(4,5)6)38-26-33(25-32-17-10-11-18-35(32)38)42-27-31(23-24-49-42)30-15-8-7-9-16-30/h7-29,50H,1-6H3. The number of pyridine rings is 1. The van der Waals surface area contributed by atoms with E-state index in [2.05, 4.69) is 185 Å². The Hall–Kier alpha value is -6.00. The average molecular weight is 675 g/mol. The number of H-pyrrole nitrogens is 1. The molecule has 0 fully saturated rings. The van der Waals surface area contributed by atoms with Crippen LogP contribution in [0.25, 0.3) is 88.5 Å². The van der Waals surface area contributed by atoms with Crippen molar-refractivity contribution in [2.45, 2.75) is 52.5 Å². The van der Waals surface area contributed by atoms with Gasteiger partial charge in [-0.1, -0.05) is 106 Å². The van der Waals surface area contributed by atoms with E-state index in [0.29, 0.717) is 0 Å². The Labute approximate surface area is 304 Å². The summed E-state index contributed by atoms with van der Waals surface area (Å²) in [4.78, 5) is 14.3. The molecule has 4 nitrogen and oxygen atoms in total. The van der Waals surface area contributed by atoms with Crippen LogP contribution in [0.15, 0.2) is 140 Å². The van der Waals surface area contributed by atoms with E-state index >= 15 is 0 Å². The highest BCUT2D eigenvalue weighted by Gasteiger charge is 2.28. The molecule has 0 aliphatic carbocycles. The Morgan fingerprint density at radius 1 is 0.558 bits per heavy atom. The molecule has 9 aromatic rings. The number of aromatic nitrogens is 4. The molecule has 0 radical (unpaired) electrons. The van der Waals surface area contributed by atoms with Gasteiger partial charge in [0.05, 0.1) is 22.2 Å². The molecule has 9 rings (SSSR count). The third-order valence-electron chi connectivity index (χ3n) is 10.4. The second kappa shape index (κ2) is 11.8. The molecule has 0 saturated heterocycles. The topological polar surface area (TPSA) is 46.5 Å². The molecule has 0 aliphatic heterocycles. The summed E-state index contributed by atoms with van der Waals surface area (Å²) < 4.78 is 2.44. The molecule has 3 aromatic heterocycles. The van der Waals surface area contributed by atoms with Gasteiger partial charge in [-0.15, -0.1) is 0 Å². The van der Waals surface area contributed by atoms with Gasteiger partial charge >= 0.3 is 0 Å². The lowest BCUT2D eigenvalue weighted by molar-refractivity contribution is 0.413. The Balaban J connectivity index is 1.32. The Morgan fingerprint density at radius 2 is 1.31 bits per heavy atom. The van der Waals surface area contributed by atoms with Crippen molar-refractivity contribution in [1.82, 2.24) is 19.5 Å². The second-order valence-corrected chi connectivity index (χ2v) is 16.0. The van der Waals surface area contributed by atoms with Gasteiger partial charge in [0.15, 0.2) is 0 Å². The van der Waals surface area contributed by atoms with Crippen LogP contribution in [0.4, 0.5) is 0 Å². The van der Waals surface area contributed by atoms with Crippen molar-refractivity contribution in [1.29, 1.82) is 0 Å². The van der Waals surface area contributed by atoms with Crippen molar-refractivity contribution in [2.75, 3.05) is 0 Å². The quantitative estimate of drug-likeness (QED) is 0.202. The van der Waals surface area contributed by atoms with E-state index in [1.165, 1.54) is 32.7 Å². The van der Waals surface area contributed by atoms with Crippen molar-refractivity contribution < 1.29 is 0 Å². The van der Waals surface area contributed by atoms with Crippen LogP contribution >= 0.6 is 0 Å². The first kappa shape index (κ1) is 31.9. The third kappa shape index (κ3) is 5.29. The van der Waals surface area contributed by atoms with Gasteiger partial charge in [0.1, 0.15) is 5.82 Å². The summed E-state index contributed by atoms with van der Waals surface area (Å²) >= 11 is 0. The van der Waals surface area contributed by atoms with Crippen LogP contribution < -0.4 is 0 Å². The van der Waals surface area contributed by atoms with Crippen molar-refractivity contribution in [3.05, 3.63) is 145 Å². The summed E-state index contributed by atoms with van der Waals surface area (Å²) in [5.74, 6) is 0.968. The maximum Gasteiger partial charge on any atom is 0.143 e. The number of para-hydroxylation sites is 2. The number of benzene rings is 6. The number of imidazole rings is 1. The van der Waals surface area contributed by atoms with E-state index in [0.717, 1.165) is 61.4 Å². The highest BCUT2D eigenvalue weighted by Crippen LogP contribution is 2.43. The maximum atomic E-state index is 5.66. The van der Waals surface area contributed by atoms with E-state index in [1.807, 2.05) is 6.20 Å². The van der Waals surface area contributed by atoms with E-state index in [4.69, 9.17) is 9.97 Å². The molecule has 52 heavy (non-hydrogen) atoms. The molecule has 0 bridgehead atoms. The largest absolute Gasteiger partial charge is 0.354 e. The first-order chi connectivity index (χ1) is 25.0. The minimum absolute atomic E-state index is 0.0454. The van der Waals surface area contributed by atoms with Crippen LogP contribution in [0.2, 0.25) is 0 Å². The molecule has 1 N–H and O–H groups in total. The average Bonchev–Trinajstić information content (AvgIpc) is 3.73. The molecule has 0 amide bonds. The highest BCUT2D eigenvalue weighted by atomic mass is 15.1. The minimum atomic E-state index is -0.246. The van der Waals surface area contributed by atoms with E-state index in [9.17, 15) is 0 Å². The summed E-state index contributed by atoms with van der Waals surface area (Å²) in [6.07, 6.45) is 1.92. The van der Waals surface area contributed by atoms with E-state index in [-0.39, 0.29) is 11.0 Å². The van der Waals surface area contributed by atoms with Crippen molar-refractivity contribution in [2.24, 2.45) is 0 Å². The summed E-state index contributed by atoms with van der Waals surface area (Å²) in [6, 6.07) is 48.0. The normalized spacial score (nSPS) is 12.4. The summed E-state index contributed by atoms with van der Waals surface area (Å²) in [7, 11) is 0. The number of hydrogen-bond donors (Lipinski definition) is 1. The van der Waals surface area contributed by atoms with Gasteiger partial charge in [-0.3, -0.25) is 4.98 Å². The second-order valence-electron chi connectivity index (χ2n) is 16.0. The Bertz CT molecular complexity index is 2800. The number of nitrogens with zero attached hydrogens (tertiary/aromatic N) is 3. The first-order valence-electron chi connectivity index (χ1n) is 18.2. The molecule has 3 heterocycles. The number of hydrogen-bond acceptors (Lipinski definition) is 2. The lowest BCUT2D eigenvalue weighted by Crippen LogP contribution is -2.23. The highest BCUT2D eigenvalue weighted by molar-refractivity contribution is 6.13. The fraction of sp³-hybridized carbons (Fsp3) is 0.167. The maximum absolute atomic E-state index is 5.66. The fourth-order valence-electron chi connectivity index (χ4n) is 7.82. The summed E-state index contributed by atoms with van der Waals surface area (Å²) in [6.45, 7) is 13.7. The van der Waals surface area contributed by atoms with E-state index < -0.39 is 0 Å². The van der Waals surface area contributed by atoms with Crippen LogP contribution in [0, 0.1) is 0 Å². The zero-order valence-electron chi connectivity index (χ0n) is 30.6. The van der Waals surface area contributed by atoms with Gasteiger partial charge in [-0.25, -0.2) is 4.98 Å². The van der Waals surface area contributed by atoms with Crippen LogP contribution in [0.1, 0.15) is 47.1 Å².